The number of nitrogens with two attached hydrogens (primary N) is 1. The molecule has 0 radical (unpaired) electrons. The van der Waals surface area contributed by atoms with Crippen LogP contribution in [0.5, 0.6) is 0 Å². The molecule has 4 nitrogen and oxygen atoms in total. The van der Waals surface area contributed by atoms with Crippen molar-refractivity contribution in [2.75, 3.05) is 18.0 Å². The average Bonchev–Trinajstić information content (AvgIpc) is 2.82. The van der Waals surface area contributed by atoms with E-state index < -0.39 is 0 Å². The number of hydrogen-bond acceptors (Lipinski definition) is 3. The van der Waals surface area contributed by atoms with Crippen molar-refractivity contribution in [3.8, 4) is 0 Å². The largest absolute Gasteiger partial charge is 0.339 e. The van der Waals surface area contributed by atoms with Gasteiger partial charge in [-0.2, -0.15) is 0 Å². The Morgan fingerprint density at radius 3 is 3.16 bits per heavy atom. The predicted molar refractivity (Wildman–Crippen MR) is 74.7 cm³/mol. The third-order valence-corrected chi connectivity index (χ3v) is 3.83. The van der Waals surface area contributed by atoms with Gasteiger partial charge in [0.15, 0.2) is 0 Å². The Morgan fingerprint density at radius 1 is 1.42 bits per heavy atom. The maximum atomic E-state index is 13.2. The highest BCUT2D eigenvalue weighted by atomic mass is 19.1. The molecule has 1 aliphatic rings. The zero-order chi connectivity index (χ0) is 13.2. The lowest BCUT2D eigenvalue weighted by Crippen LogP contribution is -2.41. The molecule has 0 amide bonds. The number of hydrogen-bond donors (Lipinski definition) is 2. The lowest BCUT2D eigenvalue weighted by molar-refractivity contribution is 0.436. The van der Waals surface area contributed by atoms with Gasteiger partial charge in [-0.15, -0.1) is 0 Å². The summed E-state index contributed by atoms with van der Waals surface area (Å²) in [6.45, 7) is 1.68. The molecule has 0 spiro atoms. The number of rotatable bonds is 3. The molecule has 1 aromatic carbocycles. The smallest absolute Gasteiger partial charge is 0.204 e. The van der Waals surface area contributed by atoms with E-state index in [1.54, 1.807) is 6.07 Å². The van der Waals surface area contributed by atoms with Crippen LogP contribution in [0.3, 0.4) is 0 Å². The van der Waals surface area contributed by atoms with Crippen LogP contribution >= 0.6 is 0 Å². The van der Waals surface area contributed by atoms with E-state index >= 15 is 0 Å². The van der Waals surface area contributed by atoms with Crippen molar-refractivity contribution in [3.05, 3.63) is 24.0 Å². The second-order valence-electron chi connectivity index (χ2n) is 5.14. The summed E-state index contributed by atoms with van der Waals surface area (Å²) in [5, 5.41) is 0. The Labute approximate surface area is 111 Å². The van der Waals surface area contributed by atoms with Crippen LogP contribution in [0.15, 0.2) is 18.2 Å². The molecule has 1 unspecified atom stereocenters. The van der Waals surface area contributed by atoms with Gasteiger partial charge in [-0.3, -0.25) is 0 Å². The lowest BCUT2D eigenvalue weighted by atomic mass is 10.00. The molecule has 0 saturated carbocycles. The third-order valence-electron chi connectivity index (χ3n) is 3.83. The first-order valence-electron chi connectivity index (χ1n) is 6.90. The van der Waals surface area contributed by atoms with Crippen LogP contribution in [0.1, 0.15) is 25.7 Å². The molecule has 5 heteroatoms. The quantitative estimate of drug-likeness (QED) is 0.893. The van der Waals surface area contributed by atoms with E-state index in [2.05, 4.69) is 14.9 Å². The maximum Gasteiger partial charge on any atom is 0.204 e. The number of fused-ring (bicyclic) bond motifs is 1. The van der Waals surface area contributed by atoms with Crippen molar-refractivity contribution in [1.82, 2.24) is 9.97 Å². The van der Waals surface area contributed by atoms with Crippen molar-refractivity contribution >= 4 is 17.0 Å². The van der Waals surface area contributed by atoms with Crippen LogP contribution in [-0.4, -0.2) is 29.1 Å². The van der Waals surface area contributed by atoms with Gasteiger partial charge in [0.25, 0.3) is 0 Å². The molecule has 0 aliphatic carbocycles. The monoisotopic (exact) mass is 262 g/mol. The Bertz CT molecular complexity index is 564. The fourth-order valence-electron chi connectivity index (χ4n) is 2.88. The number of imidazole rings is 1. The van der Waals surface area contributed by atoms with Gasteiger partial charge < -0.3 is 15.6 Å². The van der Waals surface area contributed by atoms with Crippen LogP contribution in [0, 0.1) is 5.82 Å². The molecule has 1 aromatic heterocycles. The van der Waals surface area contributed by atoms with Crippen LogP contribution in [-0.2, 0) is 0 Å². The molecule has 3 N–H and O–H groups in total. The molecule has 2 heterocycles. The predicted octanol–water partition coefficient (Wildman–Crippen LogP) is 2.41. The number of nitrogens with zero attached hydrogens (tertiary/aromatic N) is 2. The number of aromatic nitrogens is 2. The molecule has 19 heavy (non-hydrogen) atoms. The summed E-state index contributed by atoms with van der Waals surface area (Å²) in [5.74, 6) is 0.610. The first-order chi connectivity index (χ1) is 9.28. The average molecular weight is 262 g/mol. The lowest BCUT2D eigenvalue weighted by Gasteiger charge is -2.35. The Morgan fingerprint density at radius 2 is 2.32 bits per heavy atom. The van der Waals surface area contributed by atoms with Gasteiger partial charge in [0, 0.05) is 12.6 Å². The highest BCUT2D eigenvalue weighted by Crippen LogP contribution is 2.26. The van der Waals surface area contributed by atoms with Gasteiger partial charge in [0.2, 0.25) is 5.95 Å². The van der Waals surface area contributed by atoms with Gasteiger partial charge in [0.05, 0.1) is 11.0 Å². The fraction of sp³-hybridized carbons (Fsp3) is 0.500. The number of benzene rings is 1. The highest BCUT2D eigenvalue weighted by molar-refractivity contribution is 5.77. The summed E-state index contributed by atoms with van der Waals surface area (Å²) in [6, 6.07) is 5.10. The highest BCUT2D eigenvalue weighted by Gasteiger charge is 2.24. The molecule has 1 saturated heterocycles. The molecular formula is C14H19FN4. The molecule has 0 bridgehead atoms. The molecule has 1 fully saturated rings. The zero-order valence-electron chi connectivity index (χ0n) is 10.9. The number of H-pyrrole nitrogens is 1. The van der Waals surface area contributed by atoms with E-state index in [1.807, 2.05) is 0 Å². The van der Waals surface area contributed by atoms with E-state index in [1.165, 1.54) is 25.0 Å². The first kappa shape index (κ1) is 12.4. The first-order valence-corrected chi connectivity index (χ1v) is 6.90. The van der Waals surface area contributed by atoms with Crippen molar-refractivity contribution in [2.45, 2.75) is 31.7 Å². The normalized spacial score (nSPS) is 20.1. The molecular weight excluding hydrogens is 243 g/mol. The van der Waals surface area contributed by atoms with Crippen molar-refractivity contribution in [1.29, 1.82) is 0 Å². The van der Waals surface area contributed by atoms with E-state index in [-0.39, 0.29) is 5.82 Å². The molecule has 102 valence electrons. The molecule has 1 aliphatic heterocycles. The number of nitrogens with one attached hydrogen (secondary N) is 1. The van der Waals surface area contributed by atoms with Gasteiger partial charge >= 0.3 is 0 Å². The van der Waals surface area contributed by atoms with E-state index in [0.717, 1.165) is 36.4 Å². The second-order valence-corrected chi connectivity index (χ2v) is 5.14. The van der Waals surface area contributed by atoms with Gasteiger partial charge in [-0.1, -0.05) is 0 Å². The Kier molecular flexibility index (Phi) is 3.38. The number of aromatic amines is 1. The van der Waals surface area contributed by atoms with Crippen LogP contribution in [0.2, 0.25) is 0 Å². The Balaban J connectivity index is 1.92. The summed E-state index contributed by atoms with van der Waals surface area (Å²) in [6.07, 6.45) is 4.55. The zero-order valence-corrected chi connectivity index (χ0v) is 10.9. The van der Waals surface area contributed by atoms with E-state index in [9.17, 15) is 4.39 Å². The van der Waals surface area contributed by atoms with Crippen LogP contribution < -0.4 is 10.6 Å². The van der Waals surface area contributed by atoms with Crippen molar-refractivity contribution in [3.63, 3.8) is 0 Å². The number of halogens is 1. The Hall–Kier alpha value is -1.62. The van der Waals surface area contributed by atoms with E-state index in [0.29, 0.717) is 12.6 Å². The standard InChI is InChI=1S/C14H19FN4/c15-10-4-5-12-13(9-10)18-14(17-12)19-8-2-1-3-11(19)6-7-16/h4-5,9,11H,1-3,6-8,16H2,(H,17,18). The molecule has 2 aromatic rings. The minimum absolute atomic E-state index is 0.236. The molecule has 3 rings (SSSR count). The van der Waals surface area contributed by atoms with Gasteiger partial charge in [-0.05, 0) is 50.4 Å². The SMILES string of the molecule is NCCC1CCCCN1c1nc2ccc(F)cc2[nH]1. The van der Waals surface area contributed by atoms with Crippen molar-refractivity contribution in [2.24, 2.45) is 5.73 Å². The minimum Gasteiger partial charge on any atom is -0.339 e. The number of anilines is 1. The van der Waals surface area contributed by atoms with Crippen LogP contribution in [0.25, 0.3) is 11.0 Å². The van der Waals surface area contributed by atoms with Gasteiger partial charge in [-0.25, -0.2) is 9.37 Å². The summed E-state index contributed by atoms with van der Waals surface area (Å²) >= 11 is 0. The summed E-state index contributed by atoms with van der Waals surface area (Å²) in [5.41, 5.74) is 7.26. The summed E-state index contributed by atoms with van der Waals surface area (Å²) in [7, 11) is 0. The molecule has 1 atom stereocenters. The minimum atomic E-state index is -0.236. The van der Waals surface area contributed by atoms with Gasteiger partial charge in [0.1, 0.15) is 5.82 Å². The third kappa shape index (κ3) is 2.42. The summed E-state index contributed by atoms with van der Waals surface area (Å²) in [4.78, 5) is 10.1. The second kappa shape index (κ2) is 5.17. The van der Waals surface area contributed by atoms with E-state index in [4.69, 9.17) is 5.73 Å². The fourth-order valence-corrected chi connectivity index (χ4v) is 2.88. The van der Waals surface area contributed by atoms with Crippen LogP contribution in [0.4, 0.5) is 10.3 Å². The number of piperidine rings is 1. The van der Waals surface area contributed by atoms with Crippen molar-refractivity contribution < 1.29 is 4.39 Å². The topological polar surface area (TPSA) is 57.9 Å². The summed E-state index contributed by atoms with van der Waals surface area (Å²) < 4.78 is 13.2. The maximum absolute atomic E-state index is 13.2.